The van der Waals surface area contributed by atoms with E-state index in [9.17, 15) is 0 Å². The molecule has 6 heteroatoms. The van der Waals surface area contributed by atoms with Crippen molar-refractivity contribution in [1.29, 1.82) is 0 Å². The second kappa shape index (κ2) is 4.46. The quantitative estimate of drug-likeness (QED) is 0.840. The number of ether oxygens (including phenoxy) is 1. The molecule has 0 bridgehead atoms. The number of aryl methyl sites for hydroxylation is 1. The Morgan fingerprint density at radius 2 is 2.38 bits per heavy atom. The van der Waals surface area contributed by atoms with E-state index in [1.165, 1.54) is 0 Å². The Labute approximate surface area is 92.4 Å². The minimum atomic E-state index is -0.415. The third-order valence-corrected chi connectivity index (χ3v) is 2.17. The number of nitrogens with zero attached hydrogens (tertiary/aromatic N) is 2. The molecule has 16 heavy (non-hydrogen) atoms. The van der Waals surface area contributed by atoms with E-state index in [2.05, 4.69) is 10.1 Å². The number of aromatic nitrogens is 2. The summed E-state index contributed by atoms with van der Waals surface area (Å²) in [6.45, 7) is 2.24. The van der Waals surface area contributed by atoms with Gasteiger partial charge in [-0.25, -0.2) is 0 Å². The van der Waals surface area contributed by atoms with Gasteiger partial charge >= 0.3 is 0 Å². The van der Waals surface area contributed by atoms with E-state index in [4.69, 9.17) is 19.4 Å². The monoisotopic (exact) mass is 223 g/mol. The van der Waals surface area contributed by atoms with Crippen molar-refractivity contribution in [3.05, 3.63) is 23.8 Å². The van der Waals surface area contributed by atoms with Gasteiger partial charge < -0.3 is 19.4 Å². The Morgan fingerprint density at radius 1 is 1.56 bits per heavy atom. The molecule has 0 radical (unpaired) electrons. The van der Waals surface area contributed by atoms with Crippen molar-refractivity contribution in [3.8, 4) is 11.6 Å². The number of furan rings is 1. The van der Waals surface area contributed by atoms with E-state index in [1.807, 2.05) is 13.0 Å². The van der Waals surface area contributed by atoms with Gasteiger partial charge in [0.1, 0.15) is 6.04 Å². The summed E-state index contributed by atoms with van der Waals surface area (Å²) in [5.41, 5.74) is 6.71. The summed E-state index contributed by atoms with van der Waals surface area (Å²) in [7, 11) is 1.56. The van der Waals surface area contributed by atoms with Gasteiger partial charge in [0.25, 0.3) is 0 Å². The molecule has 1 atom stereocenters. The molecule has 0 spiro atoms. The van der Waals surface area contributed by atoms with Gasteiger partial charge in [-0.05, 0) is 18.6 Å². The standard InChI is InChI=1S/C10H13N3O3/c1-6-3-4-15-8(6)9-12-10(16-13-9)7(11)5-14-2/h3-4,7H,5,11H2,1-2H3. The van der Waals surface area contributed by atoms with Crippen molar-refractivity contribution >= 4 is 0 Å². The molecular weight excluding hydrogens is 210 g/mol. The predicted molar refractivity (Wildman–Crippen MR) is 55.5 cm³/mol. The average Bonchev–Trinajstić information content (AvgIpc) is 2.86. The Hall–Kier alpha value is -1.66. The van der Waals surface area contributed by atoms with Gasteiger partial charge in [0, 0.05) is 7.11 Å². The molecule has 2 heterocycles. The average molecular weight is 223 g/mol. The van der Waals surface area contributed by atoms with Gasteiger partial charge in [0.2, 0.25) is 11.7 Å². The van der Waals surface area contributed by atoms with Crippen LogP contribution in [-0.2, 0) is 4.74 Å². The molecule has 0 aliphatic carbocycles. The maximum Gasteiger partial charge on any atom is 0.246 e. The van der Waals surface area contributed by atoms with Crippen LogP contribution in [-0.4, -0.2) is 23.9 Å². The lowest BCUT2D eigenvalue weighted by atomic mass is 10.3. The van der Waals surface area contributed by atoms with Gasteiger partial charge in [-0.1, -0.05) is 5.16 Å². The van der Waals surface area contributed by atoms with Crippen LogP contribution in [0.3, 0.4) is 0 Å². The summed E-state index contributed by atoms with van der Waals surface area (Å²) in [6, 6.07) is 1.42. The van der Waals surface area contributed by atoms with Crippen molar-refractivity contribution in [2.75, 3.05) is 13.7 Å². The van der Waals surface area contributed by atoms with Crippen LogP contribution in [0.15, 0.2) is 21.3 Å². The van der Waals surface area contributed by atoms with Gasteiger partial charge in [0.05, 0.1) is 12.9 Å². The fourth-order valence-corrected chi connectivity index (χ4v) is 1.33. The zero-order valence-electron chi connectivity index (χ0n) is 9.14. The minimum absolute atomic E-state index is 0.332. The number of rotatable bonds is 4. The van der Waals surface area contributed by atoms with E-state index in [-0.39, 0.29) is 0 Å². The lowest BCUT2D eigenvalue weighted by Crippen LogP contribution is -2.16. The normalized spacial score (nSPS) is 12.9. The van der Waals surface area contributed by atoms with Crippen molar-refractivity contribution in [3.63, 3.8) is 0 Å². The maximum absolute atomic E-state index is 5.76. The highest BCUT2D eigenvalue weighted by molar-refractivity contribution is 5.51. The molecule has 2 rings (SSSR count). The molecule has 1 unspecified atom stereocenters. The Morgan fingerprint density at radius 3 is 3.00 bits per heavy atom. The molecule has 0 aliphatic heterocycles. The van der Waals surface area contributed by atoms with E-state index >= 15 is 0 Å². The molecule has 86 valence electrons. The molecule has 0 saturated carbocycles. The Bertz CT molecular complexity index is 463. The summed E-state index contributed by atoms with van der Waals surface area (Å²) < 4.78 is 15.2. The van der Waals surface area contributed by atoms with Gasteiger partial charge in [0.15, 0.2) is 5.76 Å². The van der Waals surface area contributed by atoms with Gasteiger partial charge in [-0.3, -0.25) is 0 Å². The van der Waals surface area contributed by atoms with Crippen LogP contribution in [0.25, 0.3) is 11.6 Å². The third-order valence-electron chi connectivity index (χ3n) is 2.17. The maximum atomic E-state index is 5.76. The van der Waals surface area contributed by atoms with Crippen molar-refractivity contribution < 1.29 is 13.7 Å². The highest BCUT2D eigenvalue weighted by atomic mass is 16.5. The second-order valence-corrected chi connectivity index (χ2v) is 3.45. The summed E-state index contributed by atoms with van der Waals surface area (Å²) in [6.07, 6.45) is 1.58. The molecular formula is C10H13N3O3. The largest absolute Gasteiger partial charge is 0.461 e. The highest BCUT2D eigenvalue weighted by Gasteiger charge is 2.18. The molecule has 0 amide bonds. The first-order chi connectivity index (χ1) is 7.72. The number of hydrogen-bond acceptors (Lipinski definition) is 6. The van der Waals surface area contributed by atoms with E-state index in [0.717, 1.165) is 5.56 Å². The lowest BCUT2D eigenvalue weighted by molar-refractivity contribution is 0.166. The van der Waals surface area contributed by atoms with Crippen LogP contribution in [0.1, 0.15) is 17.5 Å². The topological polar surface area (TPSA) is 87.3 Å². The summed E-state index contributed by atoms with van der Waals surface area (Å²) in [4.78, 5) is 4.16. The van der Waals surface area contributed by atoms with Gasteiger partial charge in [-0.2, -0.15) is 4.98 Å². The number of hydrogen-bond donors (Lipinski definition) is 1. The molecule has 2 aromatic rings. The van der Waals surface area contributed by atoms with Crippen LogP contribution < -0.4 is 5.73 Å². The smallest absolute Gasteiger partial charge is 0.246 e. The molecule has 2 N–H and O–H groups in total. The summed E-state index contributed by atoms with van der Waals surface area (Å²) in [5.74, 6) is 1.34. The first kappa shape index (κ1) is 10.8. The van der Waals surface area contributed by atoms with Gasteiger partial charge in [-0.15, -0.1) is 0 Å². The fourth-order valence-electron chi connectivity index (χ4n) is 1.33. The molecule has 0 aliphatic rings. The first-order valence-corrected chi connectivity index (χ1v) is 4.85. The second-order valence-electron chi connectivity index (χ2n) is 3.45. The number of methoxy groups -OCH3 is 1. The lowest BCUT2D eigenvalue weighted by Gasteiger charge is -2.02. The van der Waals surface area contributed by atoms with E-state index < -0.39 is 6.04 Å². The fraction of sp³-hybridized carbons (Fsp3) is 0.400. The summed E-state index contributed by atoms with van der Waals surface area (Å²) in [5, 5.41) is 3.81. The highest BCUT2D eigenvalue weighted by Crippen LogP contribution is 2.22. The molecule has 0 fully saturated rings. The zero-order chi connectivity index (χ0) is 11.5. The van der Waals surface area contributed by atoms with Crippen LogP contribution >= 0.6 is 0 Å². The predicted octanol–water partition coefficient (Wildman–Crippen LogP) is 1.28. The Kier molecular flexibility index (Phi) is 3.02. The zero-order valence-corrected chi connectivity index (χ0v) is 9.14. The van der Waals surface area contributed by atoms with Crippen LogP contribution in [0.2, 0.25) is 0 Å². The van der Waals surface area contributed by atoms with Crippen molar-refractivity contribution in [2.24, 2.45) is 5.73 Å². The first-order valence-electron chi connectivity index (χ1n) is 4.85. The number of nitrogens with two attached hydrogens (primary N) is 1. The van der Waals surface area contributed by atoms with Crippen LogP contribution in [0.5, 0.6) is 0 Å². The minimum Gasteiger partial charge on any atom is -0.461 e. The van der Waals surface area contributed by atoms with Crippen LogP contribution in [0, 0.1) is 6.92 Å². The molecule has 0 saturated heterocycles. The summed E-state index contributed by atoms with van der Waals surface area (Å²) >= 11 is 0. The third kappa shape index (κ3) is 1.98. The van der Waals surface area contributed by atoms with Crippen LogP contribution in [0.4, 0.5) is 0 Å². The molecule has 6 nitrogen and oxygen atoms in total. The van der Waals surface area contributed by atoms with Crippen molar-refractivity contribution in [1.82, 2.24) is 10.1 Å². The Balaban J connectivity index is 2.23. The molecule has 0 aromatic carbocycles. The van der Waals surface area contributed by atoms with E-state index in [1.54, 1.807) is 13.4 Å². The SMILES string of the molecule is COCC(N)c1nc(-c2occc2C)no1. The molecule has 2 aromatic heterocycles. The van der Waals surface area contributed by atoms with E-state index in [0.29, 0.717) is 24.1 Å². The van der Waals surface area contributed by atoms with Crippen molar-refractivity contribution in [2.45, 2.75) is 13.0 Å².